The fourth-order valence-electron chi connectivity index (χ4n) is 4.99. The van der Waals surface area contributed by atoms with Gasteiger partial charge in [0.1, 0.15) is 36.3 Å². The zero-order chi connectivity index (χ0) is 45.6. The zero-order valence-electron chi connectivity index (χ0n) is 32.4. The molecule has 0 radical (unpaired) electrons. The van der Waals surface area contributed by atoms with E-state index in [2.05, 4.69) is 26.6 Å². The van der Waals surface area contributed by atoms with Crippen LogP contribution >= 0.6 is 0 Å². The number of aliphatic carboxylic acids is 3. The highest BCUT2D eigenvalue weighted by Crippen LogP contribution is 2.09. The van der Waals surface area contributed by atoms with Crippen molar-refractivity contribution >= 4 is 71.1 Å². The molecule has 0 heterocycles. The molecule has 0 bridgehead atoms. The number of aliphatic hydroxyl groups excluding tert-OH is 1. The molecule has 0 aliphatic carbocycles. The van der Waals surface area contributed by atoms with Crippen LogP contribution in [-0.2, 0) is 57.5 Å². The Morgan fingerprint density at radius 3 is 1.17 bits per heavy atom. The summed E-state index contributed by atoms with van der Waals surface area (Å²) in [4.78, 5) is 148. The maximum absolute atomic E-state index is 13.5. The summed E-state index contributed by atoms with van der Waals surface area (Å²) in [5.74, 6) is -14.6. The maximum Gasteiger partial charge on any atom is 0.326 e. The normalized spacial score (nSPS) is 14.4. The summed E-state index contributed by atoms with van der Waals surface area (Å²) in [5, 5.41) is 50.7. The molecule has 9 amide bonds. The fraction of sp³-hybridized carbons (Fsp3) is 0.636. The number of rotatable bonds is 30. The number of primary amides is 3. The van der Waals surface area contributed by atoms with E-state index in [0.717, 1.165) is 0 Å². The van der Waals surface area contributed by atoms with Crippen molar-refractivity contribution in [3.05, 3.63) is 0 Å². The summed E-state index contributed by atoms with van der Waals surface area (Å²) < 4.78 is 0. The minimum absolute atomic E-state index is 0.0636. The third-order valence-electron chi connectivity index (χ3n) is 8.09. The lowest BCUT2D eigenvalue weighted by atomic mass is 10.0. The molecule has 7 atom stereocenters. The van der Waals surface area contributed by atoms with Gasteiger partial charge in [-0.2, -0.15) is 0 Å². The quantitative estimate of drug-likeness (QED) is 0.0320. The highest BCUT2D eigenvalue weighted by atomic mass is 16.4. The van der Waals surface area contributed by atoms with Gasteiger partial charge in [0.2, 0.25) is 53.2 Å². The van der Waals surface area contributed by atoms with Gasteiger partial charge in [0.25, 0.3) is 0 Å². The standard InChI is InChI=1S/C33H54N10O16/c1-14(2)11-20(33(58)59)42-31(56)19(12-26(50)51)41-32(57)21(13-44)43-30(55)17(5-9-24(37)47)40-28(53)16(4-8-23(36)46)39-29(54)18(6-10-25(48)49)38-27(52)15(34)3-7-22(35)45/h14-21,44H,3-13,34H2,1-2H3,(H2,35,45)(H2,36,46)(H2,37,47)(H,38,52)(H,39,54)(H,40,53)(H,41,57)(H,42,56)(H,43,55)(H,48,49)(H,50,51)(H,58,59). The number of hydrogen-bond donors (Lipinski definition) is 14. The first-order valence-electron chi connectivity index (χ1n) is 18.1. The largest absolute Gasteiger partial charge is 0.481 e. The molecule has 0 spiro atoms. The summed E-state index contributed by atoms with van der Waals surface area (Å²) in [6.45, 7) is 2.12. The Balaban J connectivity index is 6.35. The van der Waals surface area contributed by atoms with Gasteiger partial charge in [-0.15, -0.1) is 0 Å². The Kier molecular flexibility index (Phi) is 23.6. The third kappa shape index (κ3) is 22.2. The molecule has 7 unspecified atom stereocenters. The van der Waals surface area contributed by atoms with E-state index in [4.69, 9.17) is 22.9 Å². The van der Waals surface area contributed by atoms with Crippen LogP contribution in [0.1, 0.15) is 78.1 Å². The second-order valence-corrected chi connectivity index (χ2v) is 13.7. The Bertz CT molecular complexity index is 1570. The number of nitrogens with two attached hydrogens (primary N) is 4. The predicted octanol–water partition coefficient (Wildman–Crippen LogP) is -6.52. The van der Waals surface area contributed by atoms with Crippen LogP contribution in [0.15, 0.2) is 0 Å². The van der Waals surface area contributed by atoms with Gasteiger partial charge < -0.3 is 75.3 Å². The molecule has 0 saturated heterocycles. The first-order chi connectivity index (χ1) is 27.4. The van der Waals surface area contributed by atoms with Crippen LogP contribution in [0.25, 0.3) is 0 Å². The third-order valence-corrected chi connectivity index (χ3v) is 8.09. The molecule has 0 aromatic heterocycles. The number of carboxylic acid groups (broad SMARTS) is 3. The van der Waals surface area contributed by atoms with Crippen molar-refractivity contribution in [3.8, 4) is 0 Å². The van der Waals surface area contributed by atoms with Gasteiger partial charge in [-0.1, -0.05) is 13.8 Å². The molecule has 0 rings (SSSR count). The topological polar surface area (TPSA) is 462 Å². The monoisotopic (exact) mass is 846 g/mol. The first kappa shape index (κ1) is 52.6. The summed E-state index contributed by atoms with van der Waals surface area (Å²) in [7, 11) is 0. The van der Waals surface area contributed by atoms with Crippen molar-refractivity contribution in [2.75, 3.05) is 6.61 Å². The molecule has 26 heteroatoms. The van der Waals surface area contributed by atoms with Crippen molar-refractivity contribution in [2.24, 2.45) is 28.9 Å². The fourth-order valence-corrected chi connectivity index (χ4v) is 4.99. The second kappa shape index (κ2) is 26.5. The van der Waals surface area contributed by atoms with Crippen molar-refractivity contribution < 1.29 is 78.0 Å². The van der Waals surface area contributed by atoms with Crippen molar-refractivity contribution in [2.45, 2.75) is 120 Å². The minimum Gasteiger partial charge on any atom is -0.481 e. The smallest absolute Gasteiger partial charge is 0.326 e. The Hall–Kier alpha value is -6.44. The lowest BCUT2D eigenvalue weighted by molar-refractivity contribution is -0.144. The average Bonchev–Trinajstić information content (AvgIpc) is 3.12. The highest BCUT2D eigenvalue weighted by Gasteiger charge is 2.34. The molecule has 0 fully saturated rings. The van der Waals surface area contributed by atoms with Crippen LogP contribution in [-0.4, -0.2) is 140 Å². The number of carbonyl (C=O) groups is 12. The van der Waals surface area contributed by atoms with Crippen LogP contribution in [0.5, 0.6) is 0 Å². The van der Waals surface area contributed by atoms with Crippen LogP contribution in [0, 0.1) is 5.92 Å². The van der Waals surface area contributed by atoms with E-state index in [-0.39, 0.29) is 25.2 Å². The van der Waals surface area contributed by atoms with Crippen LogP contribution < -0.4 is 54.8 Å². The summed E-state index contributed by atoms with van der Waals surface area (Å²) in [6.07, 6.45) is -5.12. The van der Waals surface area contributed by atoms with Gasteiger partial charge >= 0.3 is 17.9 Å². The molecular weight excluding hydrogens is 792 g/mol. The minimum atomic E-state index is -1.95. The maximum atomic E-state index is 13.5. The molecule has 0 saturated carbocycles. The average molecular weight is 847 g/mol. The van der Waals surface area contributed by atoms with Crippen LogP contribution in [0.4, 0.5) is 0 Å². The molecule has 332 valence electrons. The van der Waals surface area contributed by atoms with E-state index in [0.29, 0.717) is 0 Å². The van der Waals surface area contributed by atoms with E-state index in [1.807, 2.05) is 5.32 Å². The number of carbonyl (C=O) groups excluding carboxylic acids is 9. The van der Waals surface area contributed by atoms with E-state index < -0.39 is 165 Å². The van der Waals surface area contributed by atoms with Gasteiger partial charge in [-0.3, -0.25) is 52.7 Å². The van der Waals surface area contributed by atoms with Crippen molar-refractivity contribution in [1.29, 1.82) is 0 Å². The first-order valence-corrected chi connectivity index (χ1v) is 18.1. The zero-order valence-corrected chi connectivity index (χ0v) is 32.4. The molecule has 0 aromatic carbocycles. The summed E-state index contributed by atoms with van der Waals surface area (Å²) in [6, 6.07) is -11.9. The molecule has 0 aliphatic heterocycles. The molecule has 0 aliphatic rings. The molecule has 59 heavy (non-hydrogen) atoms. The summed E-state index contributed by atoms with van der Waals surface area (Å²) in [5.41, 5.74) is 21.2. The highest BCUT2D eigenvalue weighted by molar-refractivity contribution is 5.98. The molecule has 26 nitrogen and oxygen atoms in total. The van der Waals surface area contributed by atoms with Crippen molar-refractivity contribution in [3.63, 3.8) is 0 Å². The van der Waals surface area contributed by atoms with Gasteiger partial charge in [0, 0.05) is 25.7 Å². The number of hydrogen-bond acceptors (Lipinski definition) is 14. The number of aliphatic hydroxyl groups is 1. The van der Waals surface area contributed by atoms with Gasteiger partial charge in [-0.25, -0.2) is 4.79 Å². The Morgan fingerprint density at radius 1 is 0.458 bits per heavy atom. The molecular formula is C33H54N10O16. The van der Waals surface area contributed by atoms with E-state index >= 15 is 0 Å². The van der Waals surface area contributed by atoms with Crippen LogP contribution in [0.2, 0.25) is 0 Å². The Labute approximate surface area is 336 Å². The van der Waals surface area contributed by atoms with E-state index in [9.17, 15) is 78.0 Å². The molecule has 0 aromatic rings. The Morgan fingerprint density at radius 2 is 0.797 bits per heavy atom. The SMILES string of the molecule is CC(C)CC(NC(=O)C(CC(=O)O)NC(=O)C(CO)NC(=O)C(CCC(N)=O)NC(=O)C(CCC(N)=O)NC(=O)C(CCC(=O)O)NC(=O)C(N)CCC(N)=O)C(=O)O. The predicted molar refractivity (Wildman–Crippen MR) is 198 cm³/mol. The number of nitrogens with one attached hydrogen (secondary N) is 6. The molecule has 18 N–H and O–H groups in total. The van der Waals surface area contributed by atoms with Crippen molar-refractivity contribution in [1.82, 2.24) is 31.9 Å². The van der Waals surface area contributed by atoms with Crippen LogP contribution in [0.3, 0.4) is 0 Å². The van der Waals surface area contributed by atoms with Gasteiger partial charge in [0.15, 0.2) is 0 Å². The van der Waals surface area contributed by atoms with Gasteiger partial charge in [-0.05, 0) is 38.0 Å². The number of carboxylic acids is 3. The number of amides is 9. The second-order valence-electron chi connectivity index (χ2n) is 13.7. The van der Waals surface area contributed by atoms with Gasteiger partial charge in [0.05, 0.1) is 19.1 Å². The lowest BCUT2D eigenvalue weighted by Gasteiger charge is -2.27. The van der Waals surface area contributed by atoms with E-state index in [1.165, 1.54) is 0 Å². The van der Waals surface area contributed by atoms with E-state index in [1.54, 1.807) is 13.8 Å². The summed E-state index contributed by atoms with van der Waals surface area (Å²) >= 11 is 0. The lowest BCUT2D eigenvalue weighted by Crippen LogP contribution is -2.60.